The van der Waals surface area contributed by atoms with Crippen LogP contribution in [-0.2, 0) is 5.41 Å². The van der Waals surface area contributed by atoms with Gasteiger partial charge in [-0.2, -0.15) is 0 Å². The van der Waals surface area contributed by atoms with Crippen molar-refractivity contribution in [2.75, 3.05) is 0 Å². The number of hydrogen-bond donors (Lipinski definition) is 0. The molecule has 1 aliphatic rings. The summed E-state index contributed by atoms with van der Waals surface area (Å²) in [5.41, 5.74) is 18.9. The SMILES string of the molecule is c1ccc(-c2ccc(-c3nc(-c4ccc(-c5ccc6c(c5)C(c5ccccc5)(c5ccccc5)c5cc(-c7ccc8ccc9cccc%10ccc7c8c9%10)ccc5-6)cc4)nc(-c4cccc(-c5ccccc5)c4)n3)cc2)cc1. The lowest BCUT2D eigenvalue weighted by Gasteiger charge is -2.34. The van der Waals surface area contributed by atoms with Crippen molar-refractivity contribution in [3.63, 3.8) is 0 Å². The molecule has 1 aromatic heterocycles. The molecule has 0 aliphatic heterocycles. The van der Waals surface area contributed by atoms with Gasteiger partial charge in [-0.3, -0.25) is 0 Å². The quantitative estimate of drug-likeness (QED) is 0.135. The molecular weight excluding hydrogens is 931 g/mol. The molecule has 14 aromatic rings. The third kappa shape index (κ3) is 7.39. The molecule has 0 saturated heterocycles. The van der Waals surface area contributed by atoms with Gasteiger partial charge in [0.25, 0.3) is 0 Å². The highest BCUT2D eigenvalue weighted by Crippen LogP contribution is 2.58. The van der Waals surface area contributed by atoms with Gasteiger partial charge in [-0.1, -0.05) is 267 Å². The van der Waals surface area contributed by atoms with Crippen LogP contribution >= 0.6 is 0 Å². The van der Waals surface area contributed by atoms with E-state index in [0.29, 0.717) is 17.5 Å². The molecule has 3 heteroatoms. The number of nitrogens with zero attached hydrogens (tertiary/aromatic N) is 3. The van der Waals surface area contributed by atoms with Gasteiger partial charge in [0.15, 0.2) is 17.5 Å². The van der Waals surface area contributed by atoms with Crippen molar-refractivity contribution in [1.29, 1.82) is 0 Å². The fourth-order valence-corrected chi connectivity index (χ4v) is 12.3. The van der Waals surface area contributed by atoms with E-state index in [0.717, 1.165) is 50.1 Å². The first-order valence-electron chi connectivity index (χ1n) is 26.4. The minimum Gasteiger partial charge on any atom is -0.208 e. The lowest BCUT2D eigenvalue weighted by Crippen LogP contribution is -2.28. The highest BCUT2D eigenvalue weighted by Gasteiger charge is 2.46. The molecule has 3 nitrogen and oxygen atoms in total. The normalized spacial score (nSPS) is 12.5. The van der Waals surface area contributed by atoms with Gasteiger partial charge >= 0.3 is 0 Å². The van der Waals surface area contributed by atoms with Gasteiger partial charge in [0.1, 0.15) is 0 Å². The number of benzene rings is 13. The second-order valence-electron chi connectivity index (χ2n) is 20.2. The topological polar surface area (TPSA) is 38.7 Å². The Morgan fingerprint density at radius 2 is 0.584 bits per heavy atom. The summed E-state index contributed by atoms with van der Waals surface area (Å²) < 4.78 is 0. The molecule has 0 saturated carbocycles. The van der Waals surface area contributed by atoms with Crippen LogP contribution in [-0.4, -0.2) is 15.0 Å². The van der Waals surface area contributed by atoms with Crippen molar-refractivity contribution in [2.45, 2.75) is 5.41 Å². The Morgan fingerprint density at radius 3 is 1.17 bits per heavy atom. The summed E-state index contributed by atoms with van der Waals surface area (Å²) in [6.45, 7) is 0. The van der Waals surface area contributed by atoms with Crippen molar-refractivity contribution >= 4 is 32.3 Å². The van der Waals surface area contributed by atoms with E-state index in [1.165, 1.54) is 76.8 Å². The number of rotatable bonds is 9. The summed E-state index contributed by atoms with van der Waals surface area (Å²) in [7, 11) is 0. The first kappa shape index (κ1) is 44.4. The van der Waals surface area contributed by atoms with E-state index in [1.54, 1.807) is 0 Å². The van der Waals surface area contributed by atoms with Crippen molar-refractivity contribution in [3.05, 3.63) is 307 Å². The fourth-order valence-electron chi connectivity index (χ4n) is 12.3. The smallest absolute Gasteiger partial charge is 0.164 e. The van der Waals surface area contributed by atoms with E-state index in [1.807, 2.05) is 12.1 Å². The van der Waals surface area contributed by atoms with Crippen molar-refractivity contribution < 1.29 is 0 Å². The summed E-state index contributed by atoms with van der Waals surface area (Å²) in [6.07, 6.45) is 0. The molecule has 0 fully saturated rings. The second kappa shape index (κ2) is 18.1. The average Bonchev–Trinajstić information content (AvgIpc) is 3.93. The molecule has 13 aromatic carbocycles. The maximum atomic E-state index is 5.20. The van der Waals surface area contributed by atoms with E-state index in [9.17, 15) is 0 Å². The van der Waals surface area contributed by atoms with Gasteiger partial charge in [0.2, 0.25) is 0 Å². The van der Waals surface area contributed by atoms with Gasteiger partial charge in [0.05, 0.1) is 5.41 Å². The van der Waals surface area contributed by atoms with Crippen LogP contribution in [0.25, 0.3) is 122 Å². The Hall–Kier alpha value is -10.1. The number of aromatic nitrogens is 3. The minimum absolute atomic E-state index is 0.599. The zero-order valence-electron chi connectivity index (χ0n) is 42.0. The second-order valence-corrected chi connectivity index (χ2v) is 20.2. The molecule has 0 N–H and O–H groups in total. The summed E-state index contributed by atoms with van der Waals surface area (Å²) >= 11 is 0. The third-order valence-electron chi connectivity index (χ3n) is 16.0. The molecule has 0 atom stereocenters. The van der Waals surface area contributed by atoms with Crippen LogP contribution in [0.15, 0.2) is 285 Å². The Kier molecular flexibility index (Phi) is 10.4. The maximum Gasteiger partial charge on any atom is 0.164 e. The van der Waals surface area contributed by atoms with Crippen LogP contribution in [0.3, 0.4) is 0 Å². The van der Waals surface area contributed by atoms with Crippen LogP contribution in [0.5, 0.6) is 0 Å². The van der Waals surface area contributed by atoms with Crippen molar-refractivity contribution in [3.8, 4) is 89.8 Å². The van der Waals surface area contributed by atoms with Crippen LogP contribution in [0, 0.1) is 0 Å². The fraction of sp³-hybridized carbons (Fsp3) is 0.0135. The van der Waals surface area contributed by atoms with Gasteiger partial charge in [-0.25, -0.2) is 15.0 Å². The number of fused-ring (bicyclic) bond motifs is 3. The van der Waals surface area contributed by atoms with E-state index in [-0.39, 0.29) is 0 Å². The van der Waals surface area contributed by atoms with E-state index in [2.05, 4.69) is 273 Å². The summed E-state index contributed by atoms with van der Waals surface area (Å²) in [5.74, 6) is 1.86. The van der Waals surface area contributed by atoms with Gasteiger partial charge in [0, 0.05) is 16.7 Å². The Labute approximate surface area is 447 Å². The van der Waals surface area contributed by atoms with Crippen LogP contribution < -0.4 is 0 Å². The summed E-state index contributed by atoms with van der Waals surface area (Å²) in [4.78, 5) is 15.5. The van der Waals surface area contributed by atoms with Gasteiger partial charge in [-0.05, 0) is 128 Å². The average molecular weight is 978 g/mol. The Morgan fingerprint density at radius 1 is 0.221 bits per heavy atom. The first-order chi connectivity index (χ1) is 38.1. The molecular formula is C74H47N3. The summed E-state index contributed by atoms with van der Waals surface area (Å²) in [5, 5.41) is 7.75. The zero-order valence-corrected chi connectivity index (χ0v) is 42.0. The lowest BCUT2D eigenvalue weighted by molar-refractivity contribution is 0.769. The molecule has 358 valence electrons. The molecule has 0 bridgehead atoms. The molecule has 77 heavy (non-hydrogen) atoms. The molecule has 0 unspecified atom stereocenters. The monoisotopic (exact) mass is 977 g/mol. The zero-order chi connectivity index (χ0) is 50.9. The minimum atomic E-state index is -0.599. The van der Waals surface area contributed by atoms with Gasteiger partial charge < -0.3 is 0 Å². The van der Waals surface area contributed by atoms with E-state index >= 15 is 0 Å². The molecule has 15 rings (SSSR count). The predicted molar refractivity (Wildman–Crippen MR) is 319 cm³/mol. The highest BCUT2D eigenvalue weighted by atomic mass is 15.0. The van der Waals surface area contributed by atoms with Crippen LogP contribution in [0.2, 0.25) is 0 Å². The van der Waals surface area contributed by atoms with Crippen molar-refractivity contribution in [2.24, 2.45) is 0 Å². The third-order valence-corrected chi connectivity index (χ3v) is 16.0. The standard InChI is InChI=1S/C74H47N3/c1-5-15-48(16-6-1)50-27-33-55(34-28-50)71-75-72(77-73(76-71)60-22-14-21-57(45-60)49-17-7-2-8-18-49)56-35-29-51(30-36-56)58-39-42-64-65-43-40-59(63-41-37-54-32-31-52-19-13-20-53-38-44-66(63)70(54)69(52)53)47-68(65)74(67(64)46-58,61-23-9-3-10-24-61)62-25-11-4-12-26-62/h1-47H. The molecule has 1 aliphatic carbocycles. The van der Waals surface area contributed by atoms with E-state index < -0.39 is 5.41 Å². The largest absolute Gasteiger partial charge is 0.208 e. The maximum absolute atomic E-state index is 5.20. The van der Waals surface area contributed by atoms with Crippen molar-refractivity contribution in [1.82, 2.24) is 15.0 Å². The molecule has 1 heterocycles. The van der Waals surface area contributed by atoms with Crippen LogP contribution in [0.1, 0.15) is 22.3 Å². The Bertz CT molecular complexity index is 4460. The first-order valence-corrected chi connectivity index (χ1v) is 26.4. The van der Waals surface area contributed by atoms with Crippen LogP contribution in [0.4, 0.5) is 0 Å². The highest BCUT2D eigenvalue weighted by molar-refractivity contribution is 6.25. The van der Waals surface area contributed by atoms with Gasteiger partial charge in [-0.15, -0.1) is 0 Å². The predicted octanol–water partition coefficient (Wildman–Crippen LogP) is 18.8. The summed E-state index contributed by atoms with van der Waals surface area (Å²) in [6, 6.07) is 104. The molecule has 0 radical (unpaired) electrons. The lowest BCUT2D eigenvalue weighted by atomic mass is 9.67. The molecule has 0 spiro atoms. The Balaban J connectivity index is 0.851. The van der Waals surface area contributed by atoms with E-state index in [4.69, 9.17) is 15.0 Å². The number of hydrogen-bond acceptors (Lipinski definition) is 3. The molecule has 0 amide bonds.